The molecule has 0 aromatic heterocycles. The first-order valence-electron chi connectivity index (χ1n) is 7.21. The number of carbonyl (C=O) groups is 1. The predicted molar refractivity (Wildman–Crippen MR) is 93.0 cm³/mol. The third kappa shape index (κ3) is 4.44. The van der Waals surface area contributed by atoms with Crippen molar-refractivity contribution < 1.29 is 4.79 Å². The van der Waals surface area contributed by atoms with E-state index in [1.807, 2.05) is 38.1 Å². The zero-order valence-corrected chi connectivity index (χ0v) is 15.2. The van der Waals surface area contributed by atoms with E-state index in [1.54, 1.807) is 0 Å². The Balaban J connectivity index is 0.00000220. The molecule has 1 aromatic rings. The van der Waals surface area contributed by atoms with Gasteiger partial charge in [0, 0.05) is 16.6 Å². The third-order valence-corrected chi connectivity index (χ3v) is 4.69. The molecular formula is C16H24BrClN2O. The third-order valence-electron chi connectivity index (χ3n) is 4.19. The second-order valence-corrected chi connectivity index (χ2v) is 7.02. The van der Waals surface area contributed by atoms with Gasteiger partial charge in [-0.2, -0.15) is 0 Å². The molecule has 1 aliphatic rings. The van der Waals surface area contributed by atoms with Crippen LogP contribution in [0.1, 0.15) is 39.2 Å². The standard InChI is InChI=1S/C16H23BrN2O.ClH/c1-11-14(8-5-9-18-11)19-15(20)16(2,3)12-6-4-7-13(17)10-12;/h4,6-7,10-11,14,18H,5,8-9H2,1-3H3,(H,19,20);1H. The number of amides is 1. The minimum absolute atomic E-state index is 0. The van der Waals surface area contributed by atoms with Crippen molar-refractivity contribution in [3.05, 3.63) is 34.3 Å². The highest BCUT2D eigenvalue weighted by Gasteiger charge is 2.33. The summed E-state index contributed by atoms with van der Waals surface area (Å²) in [6.07, 6.45) is 2.17. The second kappa shape index (κ2) is 7.61. The van der Waals surface area contributed by atoms with Gasteiger partial charge in [0.2, 0.25) is 5.91 Å². The van der Waals surface area contributed by atoms with E-state index in [1.165, 1.54) is 0 Å². The maximum atomic E-state index is 12.6. The van der Waals surface area contributed by atoms with Crippen molar-refractivity contribution in [3.8, 4) is 0 Å². The Kier molecular flexibility index (Phi) is 6.70. The first-order valence-corrected chi connectivity index (χ1v) is 8.01. The van der Waals surface area contributed by atoms with E-state index < -0.39 is 5.41 Å². The van der Waals surface area contributed by atoms with E-state index >= 15 is 0 Å². The van der Waals surface area contributed by atoms with E-state index in [9.17, 15) is 4.79 Å². The first-order chi connectivity index (χ1) is 9.41. The minimum Gasteiger partial charge on any atom is -0.351 e. The summed E-state index contributed by atoms with van der Waals surface area (Å²) in [5, 5.41) is 6.63. The summed E-state index contributed by atoms with van der Waals surface area (Å²) >= 11 is 3.47. The number of carbonyl (C=O) groups excluding carboxylic acids is 1. The van der Waals surface area contributed by atoms with Gasteiger partial charge in [-0.05, 0) is 57.9 Å². The molecule has 2 N–H and O–H groups in total. The van der Waals surface area contributed by atoms with Gasteiger partial charge in [0.05, 0.1) is 5.41 Å². The lowest BCUT2D eigenvalue weighted by molar-refractivity contribution is -0.126. The van der Waals surface area contributed by atoms with Gasteiger partial charge in [-0.3, -0.25) is 4.79 Å². The molecule has 1 amide bonds. The Hall–Kier alpha value is -0.580. The average Bonchev–Trinajstić information content (AvgIpc) is 2.41. The van der Waals surface area contributed by atoms with E-state index in [0.29, 0.717) is 6.04 Å². The van der Waals surface area contributed by atoms with Crippen molar-refractivity contribution in [3.63, 3.8) is 0 Å². The fraction of sp³-hybridized carbons (Fsp3) is 0.562. The lowest BCUT2D eigenvalue weighted by Gasteiger charge is -2.34. The van der Waals surface area contributed by atoms with Crippen molar-refractivity contribution in [1.29, 1.82) is 0 Å². The van der Waals surface area contributed by atoms with Crippen LogP contribution in [0, 0.1) is 0 Å². The second-order valence-electron chi connectivity index (χ2n) is 6.10. The molecule has 0 saturated carbocycles. The average molecular weight is 376 g/mol. The number of halogens is 2. The van der Waals surface area contributed by atoms with Gasteiger partial charge in [0.15, 0.2) is 0 Å². The molecule has 1 aliphatic heterocycles. The molecule has 0 bridgehead atoms. The number of piperidine rings is 1. The highest BCUT2D eigenvalue weighted by Crippen LogP contribution is 2.26. The zero-order valence-electron chi connectivity index (χ0n) is 12.8. The highest BCUT2D eigenvalue weighted by atomic mass is 79.9. The number of rotatable bonds is 3. The van der Waals surface area contributed by atoms with Gasteiger partial charge in [0.1, 0.15) is 0 Å². The monoisotopic (exact) mass is 374 g/mol. The topological polar surface area (TPSA) is 41.1 Å². The quantitative estimate of drug-likeness (QED) is 0.850. The van der Waals surface area contributed by atoms with Gasteiger partial charge in [-0.15, -0.1) is 12.4 Å². The Bertz CT molecular complexity index is 493. The van der Waals surface area contributed by atoms with Crippen LogP contribution in [0.3, 0.4) is 0 Å². The molecule has 21 heavy (non-hydrogen) atoms. The van der Waals surface area contributed by atoms with Crippen molar-refractivity contribution in [2.75, 3.05) is 6.54 Å². The van der Waals surface area contributed by atoms with Gasteiger partial charge in [-0.1, -0.05) is 28.1 Å². The summed E-state index contributed by atoms with van der Waals surface area (Å²) in [6.45, 7) is 7.13. The van der Waals surface area contributed by atoms with Gasteiger partial charge in [0.25, 0.3) is 0 Å². The van der Waals surface area contributed by atoms with Crippen LogP contribution < -0.4 is 10.6 Å². The molecule has 0 radical (unpaired) electrons. The molecule has 1 heterocycles. The van der Waals surface area contributed by atoms with Crippen molar-refractivity contribution in [1.82, 2.24) is 10.6 Å². The maximum absolute atomic E-state index is 12.6. The molecule has 2 atom stereocenters. The highest BCUT2D eigenvalue weighted by molar-refractivity contribution is 9.10. The molecule has 1 saturated heterocycles. The fourth-order valence-corrected chi connectivity index (χ4v) is 3.00. The lowest BCUT2D eigenvalue weighted by Crippen LogP contribution is -2.55. The first kappa shape index (κ1) is 18.5. The largest absolute Gasteiger partial charge is 0.351 e. The van der Waals surface area contributed by atoms with Crippen LogP contribution in [0.25, 0.3) is 0 Å². The Morgan fingerprint density at radius 1 is 1.43 bits per heavy atom. The van der Waals surface area contributed by atoms with E-state index in [-0.39, 0.29) is 24.4 Å². The van der Waals surface area contributed by atoms with Crippen LogP contribution in [0.5, 0.6) is 0 Å². The zero-order chi connectivity index (χ0) is 14.8. The van der Waals surface area contributed by atoms with Crippen LogP contribution in [0.15, 0.2) is 28.7 Å². The molecule has 0 spiro atoms. The summed E-state index contributed by atoms with van der Waals surface area (Å²) < 4.78 is 1.00. The number of nitrogens with one attached hydrogen (secondary N) is 2. The molecule has 3 nitrogen and oxygen atoms in total. The maximum Gasteiger partial charge on any atom is 0.230 e. The van der Waals surface area contributed by atoms with Crippen LogP contribution in [0.2, 0.25) is 0 Å². The summed E-state index contributed by atoms with van der Waals surface area (Å²) in [6, 6.07) is 8.53. The molecule has 2 unspecified atom stereocenters. The summed E-state index contributed by atoms with van der Waals surface area (Å²) in [4.78, 5) is 12.6. The summed E-state index contributed by atoms with van der Waals surface area (Å²) in [5.41, 5.74) is 0.502. The van der Waals surface area contributed by atoms with E-state index in [0.717, 1.165) is 29.4 Å². The smallest absolute Gasteiger partial charge is 0.230 e. The Morgan fingerprint density at radius 2 is 2.14 bits per heavy atom. The fourth-order valence-electron chi connectivity index (χ4n) is 2.60. The molecule has 1 aromatic carbocycles. The SMILES string of the molecule is CC1NCCCC1NC(=O)C(C)(C)c1cccc(Br)c1.Cl. The number of hydrogen-bond donors (Lipinski definition) is 2. The van der Waals surface area contributed by atoms with Crippen molar-refractivity contribution in [2.45, 2.75) is 51.1 Å². The summed E-state index contributed by atoms with van der Waals surface area (Å²) in [7, 11) is 0. The van der Waals surface area contributed by atoms with Crippen LogP contribution in [-0.4, -0.2) is 24.5 Å². The summed E-state index contributed by atoms with van der Waals surface area (Å²) in [5.74, 6) is 0.0937. The number of benzene rings is 1. The number of hydrogen-bond acceptors (Lipinski definition) is 2. The Morgan fingerprint density at radius 3 is 2.76 bits per heavy atom. The van der Waals surface area contributed by atoms with Crippen LogP contribution >= 0.6 is 28.3 Å². The van der Waals surface area contributed by atoms with Crippen LogP contribution in [-0.2, 0) is 10.2 Å². The van der Waals surface area contributed by atoms with Crippen LogP contribution in [0.4, 0.5) is 0 Å². The van der Waals surface area contributed by atoms with E-state index in [4.69, 9.17) is 0 Å². The van der Waals surface area contributed by atoms with Gasteiger partial charge in [-0.25, -0.2) is 0 Å². The minimum atomic E-state index is -0.527. The van der Waals surface area contributed by atoms with Gasteiger partial charge < -0.3 is 10.6 Å². The van der Waals surface area contributed by atoms with E-state index in [2.05, 4.69) is 33.5 Å². The molecule has 5 heteroatoms. The normalized spacial score (nSPS) is 22.3. The Labute approximate surface area is 141 Å². The molecule has 118 valence electrons. The van der Waals surface area contributed by atoms with Crippen molar-refractivity contribution in [2.24, 2.45) is 0 Å². The molecule has 0 aliphatic carbocycles. The molecule has 1 fully saturated rings. The van der Waals surface area contributed by atoms with Crippen molar-refractivity contribution >= 4 is 34.2 Å². The molecular weight excluding hydrogens is 352 g/mol. The lowest BCUT2D eigenvalue weighted by atomic mass is 9.83. The van der Waals surface area contributed by atoms with Gasteiger partial charge >= 0.3 is 0 Å². The molecule has 2 rings (SSSR count). The predicted octanol–water partition coefficient (Wildman–Crippen LogP) is 3.41.